The zero-order chi connectivity index (χ0) is 26.7. The number of amides is 1. The number of anilines is 1. The van der Waals surface area contributed by atoms with Crippen molar-refractivity contribution >= 4 is 40.8 Å². The lowest BCUT2D eigenvalue weighted by Gasteiger charge is -2.68. The molecule has 1 spiro atoms. The molecule has 6 aliphatic rings. The van der Waals surface area contributed by atoms with Crippen LogP contribution < -0.4 is 9.64 Å². The number of hydrogen-bond acceptors (Lipinski definition) is 5. The summed E-state index contributed by atoms with van der Waals surface area (Å²) in [6, 6.07) is 11.3. The maximum absolute atomic E-state index is 13.6. The quantitative estimate of drug-likeness (QED) is 0.325. The summed E-state index contributed by atoms with van der Waals surface area (Å²) < 4.78 is 12.1. The molecular formula is C30H26Cl2N2O5. The highest BCUT2D eigenvalue weighted by molar-refractivity contribution is 6.39. The van der Waals surface area contributed by atoms with Crippen molar-refractivity contribution in [2.24, 2.45) is 10.8 Å². The fourth-order valence-electron chi connectivity index (χ4n) is 7.40. The van der Waals surface area contributed by atoms with Gasteiger partial charge in [0.25, 0.3) is 0 Å². The van der Waals surface area contributed by atoms with Crippen molar-refractivity contribution in [1.29, 1.82) is 0 Å². The maximum atomic E-state index is 13.6. The second-order valence-electron chi connectivity index (χ2n) is 12.3. The van der Waals surface area contributed by atoms with Crippen LogP contribution in [0.1, 0.15) is 67.8 Å². The Balaban J connectivity index is 1.07. The molecule has 7 nitrogen and oxygen atoms in total. The number of rotatable bonds is 8. The van der Waals surface area contributed by atoms with E-state index in [0.717, 1.165) is 48.3 Å². The summed E-state index contributed by atoms with van der Waals surface area (Å²) in [6.07, 6.45) is 5.76. The maximum Gasteiger partial charge on any atom is 0.309 e. The Morgan fingerprint density at radius 2 is 1.85 bits per heavy atom. The molecule has 2 bridgehead atoms. The van der Waals surface area contributed by atoms with E-state index in [1.54, 1.807) is 18.2 Å². The van der Waals surface area contributed by atoms with Gasteiger partial charge in [-0.1, -0.05) is 34.4 Å². The Labute approximate surface area is 235 Å². The minimum Gasteiger partial charge on any atom is -0.489 e. The summed E-state index contributed by atoms with van der Waals surface area (Å²) in [7, 11) is 0. The number of ether oxygens (including phenoxy) is 1. The molecule has 9 rings (SSSR count). The molecule has 0 atom stereocenters. The zero-order valence-corrected chi connectivity index (χ0v) is 22.6. The van der Waals surface area contributed by atoms with E-state index in [0.29, 0.717) is 58.8 Å². The topological polar surface area (TPSA) is 92.9 Å². The minimum atomic E-state index is -0.699. The van der Waals surface area contributed by atoms with Crippen LogP contribution in [0, 0.1) is 10.8 Å². The average Bonchev–Trinajstić information content (AvgIpc) is 3.78. The predicted octanol–water partition coefficient (Wildman–Crippen LogP) is 6.74. The van der Waals surface area contributed by atoms with Gasteiger partial charge in [-0.05, 0) is 86.3 Å². The normalized spacial score (nSPS) is 27.2. The minimum absolute atomic E-state index is 0.0508. The van der Waals surface area contributed by atoms with Crippen molar-refractivity contribution in [3.05, 3.63) is 63.3 Å². The van der Waals surface area contributed by atoms with E-state index in [1.807, 2.05) is 23.1 Å². The highest BCUT2D eigenvalue weighted by Crippen LogP contribution is 2.74. The van der Waals surface area contributed by atoms with Gasteiger partial charge in [-0.2, -0.15) is 0 Å². The van der Waals surface area contributed by atoms with Gasteiger partial charge in [0.05, 0.1) is 26.4 Å². The van der Waals surface area contributed by atoms with E-state index >= 15 is 0 Å². The first kappa shape index (κ1) is 23.8. The lowest BCUT2D eigenvalue weighted by molar-refractivity contribution is -0.218. The highest BCUT2D eigenvalue weighted by Gasteiger charge is 2.73. The number of aromatic nitrogens is 1. The third-order valence-corrected chi connectivity index (χ3v) is 10.2. The molecule has 200 valence electrons. The molecule has 3 aromatic rings. The SMILES string of the molecule is O=C(O)C12CC(CN3C(=O)C4(CC4)c4cc(OCc5c(-c6c(Cl)cccc6Cl)noc5C5CC5)ccc43)(C1)C2. The summed E-state index contributed by atoms with van der Waals surface area (Å²) in [6.45, 7) is 0.846. The molecule has 5 saturated carbocycles. The summed E-state index contributed by atoms with van der Waals surface area (Å²) in [4.78, 5) is 27.0. The zero-order valence-electron chi connectivity index (χ0n) is 21.1. The second-order valence-corrected chi connectivity index (χ2v) is 13.1. The smallest absolute Gasteiger partial charge is 0.309 e. The van der Waals surface area contributed by atoms with Crippen LogP contribution in [0.3, 0.4) is 0 Å². The molecule has 0 unspecified atom stereocenters. The summed E-state index contributed by atoms with van der Waals surface area (Å²) >= 11 is 13.0. The van der Waals surface area contributed by atoms with Crippen LogP contribution in [0.5, 0.6) is 5.75 Å². The van der Waals surface area contributed by atoms with Crippen molar-refractivity contribution in [3.8, 4) is 17.0 Å². The first-order valence-electron chi connectivity index (χ1n) is 13.5. The molecule has 1 aromatic heterocycles. The Morgan fingerprint density at radius 3 is 2.49 bits per heavy atom. The van der Waals surface area contributed by atoms with Gasteiger partial charge in [0.2, 0.25) is 5.91 Å². The third-order valence-electron chi connectivity index (χ3n) is 9.62. The van der Waals surface area contributed by atoms with Gasteiger partial charge in [0, 0.05) is 23.7 Å². The lowest BCUT2D eigenvalue weighted by Crippen LogP contribution is -2.69. The van der Waals surface area contributed by atoms with Crippen LogP contribution in [-0.2, 0) is 21.6 Å². The number of carboxylic acid groups (broad SMARTS) is 1. The number of carbonyl (C=O) groups is 2. The fourth-order valence-corrected chi connectivity index (χ4v) is 7.98. The Bertz CT molecular complexity index is 1550. The van der Waals surface area contributed by atoms with Gasteiger partial charge in [-0.25, -0.2) is 0 Å². The van der Waals surface area contributed by atoms with E-state index in [2.05, 4.69) is 5.16 Å². The summed E-state index contributed by atoms with van der Waals surface area (Å²) in [5.41, 5.74) is 2.99. The van der Waals surface area contributed by atoms with E-state index < -0.39 is 16.8 Å². The van der Waals surface area contributed by atoms with E-state index in [9.17, 15) is 14.7 Å². The molecule has 2 heterocycles. The number of benzene rings is 2. The molecule has 1 amide bonds. The van der Waals surface area contributed by atoms with Crippen LogP contribution in [-0.4, -0.2) is 28.7 Å². The number of aliphatic carboxylic acids is 1. The van der Waals surface area contributed by atoms with Gasteiger partial charge in [0.15, 0.2) is 0 Å². The van der Waals surface area contributed by atoms with Gasteiger partial charge >= 0.3 is 5.97 Å². The second kappa shape index (κ2) is 7.79. The molecule has 0 saturated heterocycles. The van der Waals surface area contributed by atoms with E-state index in [4.69, 9.17) is 32.5 Å². The monoisotopic (exact) mass is 564 g/mol. The molecule has 1 aliphatic heterocycles. The third kappa shape index (κ3) is 3.32. The number of fused-ring (bicyclic) bond motifs is 2. The van der Waals surface area contributed by atoms with Crippen LogP contribution in [0.2, 0.25) is 10.0 Å². The van der Waals surface area contributed by atoms with E-state index in [1.165, 1.54) is 0 Å². The standard InChI is InChI=1S/C30H26Cl2N2O5/c31-20-2-1-3-21(32)23(20)24-18(25(39-33-24)16-4-5-16)11-38-17-6-7-22-19(10-17)30(8-9-30)26(35)34(22)15-28-12-29(13-28,14-28)27(36)37/h1-3,6-7,10,16H,4-5,8-9,11-15H2,(H,36,37). The van der Waals surface area contributed by atoms with Crippen LogP contribution in [0.15, 0.2) is 40.9 Å². The van der Waals surface area contributed by atoms with Gasteiger partial charge in [-0.3, -0.25) is 9.59 Å². The van der Waals surface area contributed by atoms with Crippen molar-refractivity contribution in [1.82, 2.24) is 5.16 Å². The summed E-state index contributed by atoms with van der Waals surface area (Å²) in [5.74, 6) is 1.28. The highest BCUT2D eigenvalue weighted by atomic mass is 35.5. The van der Waals surface area contributed by atoms with Gasteiger partial charge in [0.1, 0.15) is 23.8 Å². The fraction of sp³-hybridized carbons (Fsp3) is 0.433. The number of carbonyl (C=O) groups excluding carboxylic acids is 1. The molecule has 1 N–H and O–H groups in total. The molecule has 0 radical (unpaired) electrons. The number of nitrogens with zero attached hydrogens (tertiary/aromatic N) is 2. The van der Waals surface area contributed by atoms with E-state index in [-0.39, 0.29) is 17.9 Å². The van der Waals surface area contributed by atoms with Crippen LogP contribution in [0.4, 0.5) is 5.69 Å². The first-order valence-corrected chi connectivity index (χ1v) is 14.3. The molecule has 9 heteroatoms. The largest absolute Gasteiger partial charge is 0.489 e. The average molecular weight is 565 g/mol. The Hall–Kier alpha value is -3.03. The molecule has 2 aromatic carbocycles. The molecule has 5 aliphatic carbocycles. The lowest BCUT2D eigenvalue weighted by atomic mass is 9.35. The van der Waals surface area contributed by atoms with Crippen molar-refractivity contribution in [2.75, 3.05) is 11.4 Å². The molecule has 39 heavy (non-hydrogen) atoms. The predicted molar refractivity (Wildman–Crippen MR) is 144 cm³/mol. The molecule has 5 fully saturated rings. The number of hydrogen-bond donors (Lipinski definition) is 1. The van der Waals surface area contributed by atoms with Crippen LogP contribution in [0.25, 0.3) is 11.3 Å². The van der Waals surface area contributed by atoms with Crippen molar-refractivity contribution in [3.63, 3.8) is 0 Å². The Morgan fingerprint density at radius 1 is 1.13 bits per heavy atom. The molecular weight excluding hydrogens is 539 g/mol. The summed E-state index contributed by atoms with van der Waals surface area (Å²) in [5, 5.41) is 14.9. The van der Waals surface area contributed by atoms with Crippen molar-refractivity contribution < 1.29 is 24.0 Å². The Kier molecular flexibility index (Phi) is 4.76. The first-order chi connectivity index (χ1) is 18.7. The van der Waals surface area contributed by atoms with Crippen LogP contribution >= 0.6 is 23.2 Å². The van der Waals surface area contributed by atoms with Gasteiger partial charge < -0.3 is 19.3 Å². The van der Waals surface area contributed by atoms with Gasteiger partial charge in [-0.15, -0.1) is 0 Å². The number of carboxylic acids is 1. The van der Waals surface area contributed by atoms with Crippen molar-refractivity contribution in [2.45, 2.75) is 62.9 Å². The number of halogens is 2.